The van der Waals surface area contributed by atoms with Crippen LogP contribution in [0.25, 0.3) is 0 Å². The number of phenols is 2. The minimum atomic E-state index is -4.91. The Kier molecular flexibility index (Phi) is 10.2. The lowest BCUT2D eigenvalue weighted by atomic mass is 9.78. The second-order valence-electron chi connectivity index (χ2n) is 8.48. The van der Waals surface area contributed by atoms with Gasteiger partial charge in [-0.3, -0.25) is 9.13 Å². The molecular formula is C23H35NO8P2. The molecule has 2 aromatic carbocycles. The molecule has 0 amide bonds. The maximum Gasteiger partial charge on any atom is 0.340 e. The molecule has 0 fully saturated rings. The van der Waals surface area contributed by atoms with Gasteiger partial charge in [0, 0.05) is 6.54 Å². The molecule has 2 rings (SSSR count). The average molecular weight is 515 g/mol. The summed E-state index contributed by atoms with van der Waals surface area (Å²) in [5.74, 6) is 0.693. The second-order valence-corrected chi connectivity index (χ2v) is 12.5. The molecule has 0 spiro atoms. The molecule has 2 aromatic rings. The molecule has 11 heteroatoms. The van der Waals surface area contributed by atoms with Gasteiger partial charge in [0.25, 0.3) is 0 Å². The van der Waals surface area contributed by atoms with E-state index in [1.54, 1.807) is 18.2 Å². The molecule has 0 heterocycles. The van der Waals surface area contributed by atoms with Crippen molar-refractivity contribution in [2.75, 3.05) is 11.9 Å². The summed E-state index contributed by atoms with van der Waals surface area (Å²) in [6.07, 6.45) is 2.07. The van der Waals surface area contributed by atoms with Gasteiger partial charge in [-0.1, -0.05) is 38.5 Å². The Morgan fingerprint density at radius 2 is 1.32 bits per heavy atom. The summed E-state index contributed by atoms with van der Waals surface area (Å²) >= 11 is 0. The maximum atomic E-state index is 11.4. The van der Waals surface area contributed by atoms with Crippen LogP contribution in [0.1, 0.15) is 68.9 Å². The number of phenolic OH excluding ortho intramolecular Hbond substituents is 2. The standard InChI is InChI=1S/C23H35NO8P2/c1-3-19(16-8-11-18(25)12-9-16)20(4-2)17-10-13-22(26)21(15-17)24-14-6-5-7-23(33(27,28)29)34(30,31)32/h8-13,15,19-20,23-26H,3-7,14H2,1-2H3,(H2,27,28,29)(H2,30,31,32). The van der Waals surface area contributed by atoms with E-state index < -0.39 is 20.6 Å². The van der Waals surface area contributed by atoms with Gasteiger partial charge < -0.3 is 35.1 Å². The third-order valence-corrected chi connectivity index (χ3v) is 9.99. The first-order valence-corrected chi connectivity index (χ1v) is 14.7. The van der Waals surface area contributed by atoms with E-state index in [9.17, 15) is 38.9 Å². The van der Waals surface area contributed by atoms with Crippen LogP contribution in [-0.4, -0.2) is 41.7 Å². The number of hydrogen-bond acceptors (Lipinski definition) is 5. The Morgan fingerprint density at radius 3 is 1.85 bits per heavy atom. The second kappa shape index (κ2) is 12.2. The quantitative estimate of drug-likeness (QED) is 0.110. The molecule has 34 heavy (non-hydrogen) atoms. The Balaban J connectivity index is 2.07. The minimum absolute atomic E-state index is 0.0691. The molecule has 0 saturated carbocycles. The van der Waals surface area contributed by atoms with Crippen molar-refractivity contribution in [1.29, 1.82) is 0 Å². The van der Waals surface area contributed by atoms with Crippen LogP contribution in [0.2, 0.25) is 0 Å². The van der Waals surface area contributed by atoms with Gasteiger partial charge in [-0.2, -0.15) is 0 Å². The normalized spacial score (nSPS) is 14.2. The fourth-order valence-electron chi connectivity index (χ4n) is 4.36. The summed E-state index contributed by atoms with van der Waals surface area (Å²) in [5, 5.41) is 21.0. The van der Waals surface area contributed by atoms with Gasteiger partial charge in [-0.25, -0.2) is 0 Å². The van der Waals surface area contributed by atoms with Crippen molar-refractivity contribution in [3.8, 4) is 11.5 Å². The first-order valence-electron chi connectivity index (χ1n) is 11.3. The summed E-state index contributed by atoms with van der Waals surface area (Å²) in [7, 11) is -9.82. The fraction of sp³-hybridized carbons (Fsp3) is 0.478. The van der Waals surface area contributed by atoms with E-state index in [1.807, 2.05) is 24.3 Å². The SMILES string of the molecule is CCC(c1ccc(O)cc1)C(CC)c1ccc(O)c(NCCCCC(P(=O)(O)O)P(=O)(O)O)c1. The van der Waals surface area contributed by atoms with Crippen molar-refractivity contribution in [1.82, 2.24) is 0 Å². The number of nitrogens with one attached hydrogen (secondary N) is 1. The van der Waals surface area contributed by atoms with Crippen LogP contribution in [0.3, 0.4) is 0 Å². The highest BCUT2D eigenvalue weighted by Gasteiger charge is 2.42. The summed E-state index contributed by atoms with van der Waals surface area (Å²) < 4.78 is 22.8. The fourth-order valence-corrected chi connectivity index (χ4v) is 6.97. The Morgan fingerprint density at radius 1 is 0.794 bits per heavy atom. The highest BCUT2D eigenvalue weighted by molar-refractivity contribution is 7.70. The third kappa shape index (κ3) is 7.84. The Bertz CT molecular complexity index is 996. The lowest BCUT2D eigenvalue weighted by molar-refractivity contribution is 0.334. The maximum absolute atomic E-state index is 11.4. The van der Waals surface area contributed by atoms with E-state index in [-0.39, 0.29) is 36.2 Å². The molecule has 7 N–H and O–H groups in total. The highest BCUT2D eigenvalue weighted by Crippen LogP contribution is 2.61. The van der Waals surface area contributed by atoms with Crippen LogP contribution < -0.4 is 5.32 Å². The molecule has 2 atom stereocenters. The molecule has 9 nitrogen and oxygen atoms in total. The van der Waals surface area contributed by atoms with Crippen molar-refractivity contribution in [3.05, 3.63) is 53.6 Å². The minimum Gasteiger partial charge on any atom is -0.508 e. The van der Waals surface area contributed by atoms with E-state index in [0.717, 1.165) is 24.0 Å². The molecule has 0 radical (unpaired) electrons. The van der Waals surface area contributed by atoms with Gasteiger partial charge in [-0.05, 0) is 72.9 Å². The van der Waals surface area contributed by atoms with Crippen molar-refractivity contribution in [2.24, 2.45) is 0 Å². The van der Waals surface area contributed by atoms with Gasteiger partial charge in [0.05, 0.1) is 5.69 Å². The Hall–Kier alpha value is -1.86. The van der Waals surface area contributed by atoms with Gasteiger partial charge in [0.2, 0.25) is 0 Å². The van der Waals surface area contributed by atoms with Gasteiger partial charge in [0.1, 0.15) is 11.5 Å². The summed E-state index contributed by atoms with van der Waals surface area (Å²) in [6.45, 7) is 4.58. The van der Waals surface area contributed by atoms with E-state index in [4.69, 9.17) is 0 Å². The first kappa shape index (κ1) is 28.4. The van der Waals surface area contributed by atoms with Gasteiger partial charge in [0.15, 0.2) is 5.40 Å². The summed E-state index contributed by atoms with van der Waals surface area (Å²) in [4.78, 5) is 36.8. The molecule has 0 aliphatic carbocycles. The molecule has 0 bridgehead atoms. The van der Waals surface area contributed by atoms with Crippen LogP contribution in [0, 0.1) is 0 Å². The van der Waals surface area contributed by atoms with Crippen LogP contribution in [0.5, 0.6) is 11.5 Å². The average Bonchev–Trinajstić information content (AvgIpc) is 2.74. The van der Waals surface area contributed by atoms with E-state index >= 15 is 0 Å². The molecule has 2 unspecified atom stereocenters. The zero-order valence-electron chi connectivity index (χ0n) is 19.4. The number of anilines is 1. The lowest BCUT2D eigenvalue weighted by Crippen LogP contribution is -2.12. The first-order chi connectivity index (χ1) is 15.9. The smallest absolute Gasteiger partial charge is 0.340 e. The van der Waals surface area contributed by atoms with E-state index in [1.165, 1.54) is 0 Å². The number of benzene rings is 2. The van der Waals surface area contributed by atoms with Crippen molar-refractivity contribution in [2.45, 2.75) is 63.2 Å². The van der Waals surface area contributed by atoms with Crippen molar-refractivity contribution >= 4 is 20.9 Å². The zero-order valence-corrected chi connectivity index (χ0v) is 21.2. The topological polar surface area (TPSA) is 168 Å². The Labute approximate surface area is 200 Å². The number of rotatable bonds is 13. The van der Waals surface area contributed by atoms with E-state index in [0.29, 0.717) is 18.7 Å². The van der Waals surface area contributed by atoms with Gasteiger partial charge >= 0.3 is 15.2 Å². The highest BCUT2D eigenvalue weighted by atomic mass is 31.2. The lowest BCUT2D eigenvalue weighted by Gasteiger charge is -2.27. The summed E-state index contributed by atoms with van der Waals surface area (Å²) in [6, 6.07) is 12.6. The van der Waals surface area contributed by atoms with Gasteiger partial charge in [-0.15, -0.1) is 0 Å². The van der Waals surface area contributed by atoms with Crippen LogP contribution in [-0.2, 0) is 9.13 Å². The predicted octanol–water partition coefficient (Wildman–Crippen LogP) is 5.05. The number of unbranched alkanes of at least 4 members (excludes halogenated alkanes) is 1. The van der Waals surface area contributed by atoms with Crippen LogP contribution in [0.4, 0.5) is 5.69 Å². The molecule has 0 aromatic heterocycles. The van der Waals surface area contributed by atoms with E-state index in [2.05, 4.69) is 19.2 Å². The number of hydrogen-bond donors (Lipinski definition) is 7. The number of aromatic hydroxyl groups is 2. The molecule has 0 aliphatic heterocycles. The van der Waals surface area contributed by atoms with Crippen molar-refractivity contribution in [3.63, 3.8) is 0 Å². The summed E-state index contributed by atoms with van der Waals surface area (Å²) in [5.41, 5.74) is 2.70. The largest absolute Gasteiger partial charge is 0.508 e. The zero-order chi connectivity index (χ0) is 25.5. The van der Waals surface area contributed by atoms with Crippen molar-refractivity contribution < 1.29 is 38.9 Å². The predicted molar refractivity (Wildman–Crippen MR) is 132 cm³/mol. The molecular weight excluding hydrogens is 480 g/mol. The molecule has 190 valence electrons. The monoisotopic (exact) mass is 515 g/mol. The molecule has 0 aliphatic rings. The van der Waals surface area contributed by atoms with Crippen LogP contribution in [0.15, 0.2) is 42.5 Å². The molecule has 0 saturated heterocycles. The van der Waals surface area contributed by atoms with Crippen LogP contribution >= 0.6 is 15.2 Å². The third-order valence-electron chi connectivity index (χ3n) is 6.12.